The van der Waals surface area contributed by atoms with Crippen molar-refractivity contribution in [3.8, 4) is 11.4 Å². The molecule has 2 aliphatic rings. The van der Waals surface area contributed by atoms with Crippen molar-refractivity contribution in [3.05, 3.63) is 24.5 Å². The van der Waals surface area contributed by atoms with E-state index in [-0.39, 0.29) is 12.0 Å². The number of amides is 1. The highest BCUT2D eigenvalue weighted by Gasteiger charge is 2.34. The maximum atomic E-state index is 12.9. The molecule has 1 aliphatic heterocycles. The first-order chi connectivity index (χ1) is 12.3. The second-order valence-electron chi connectivity index (χ2n) is 7.07. The average molecular weight is 340 g/mol. The molecule has 0 unspecified atom stereocenters. The van der Waals surface area contributed by atoms with Gasteiger partial charge in [0.1, 0.15) is 0 Å². The van der Waals surface area contributed by atoms with Crippen LogP contribution in [0.1, 0.15) is 44.9 Å². The Morgan fingerprint density at radius 1 is 1.16 bits per heavy atom. The average Bonchev–Trinajstić information content (AvgIpc) is 3.33. The van der Waals surface area contributed by atoms with Gasteiger partial charge in [0.2, 0.25) is 11.7 Å². The summed E-state index contributed by atoms with van der Waals surface area (Å²) >= 11 is 0. The Morgan fingerprint density at radius 2 is 2.04 bits per heavy atom. The monoisotopic (exact) mass is 340 g/mol. The van der Waals surface area contributed by atoms with E-state index in [9.17, 15) is 4.79 Å². The second kappa shape index (κ2) is 7.29. The van der Waals surface area contributed by atoms with Gasteiger partial charge in [0.25, 0.3) is 0 Å². The molecule has 132 valence electrons. The quantitative estimate of drug-likeness (QED) is 0.853. The molecule has 7 nitrogen and oxygen atoms in total. The molecule has 1 atom stereocenters. The van der Waals surface area contributed by atoms with Crippen LogP contribution < -0.4 is 0 Å². The molecular weight excluding hydrogens is 316 g/mol. The number of hydrogen-bond donors (Lipinski definition) is 0. The fourth-order valence-corrected chi connectivity index (χ4v) is 4.02. The van der Waals surface area contributed by atoms with Crippen molar-refractivity contribution in [2.45, 2.75) is 57.5 Å². The lowest BCUT2D eigenvalue weighted by Crippen LogP contribution is -2.42. The van der Waals surface area contributed by atoms with E-state index in [0.29, 0.717) is 18.3 Å². The lowest BCUT2D eigenvalue weighted by molar-refractivity contribution is -0.137. The summed E-state index contributed by atoms with van der Waals surface area (Å²) in [6, 6.07) is 3.96. The third-order valence-electron chi connectivity index (χ3n) is 5.36. The van der Waals surface area contributed by atoms with Crippen LogP contribution in [0.15, 0.2) is 24.5 Å². The highest BCUT2D eigenvalue weighted by atomic mass is 16.2. The van der Waals surface area contributed by atoms with E-state index in [1.54, 1.807) is 17.2 Å². The van der Waals surface area contributed by atoms with Gasteiger partial charge in [0, 0.05) is 30.4 Å². The van der Waals surface area contributed by atoms with Gasteiger partial charge in [0.05, 0.1) is 12.6 Å². The van der Waals surface area contributed by atoms with Gasteiger partial charge in [-0.05, 0) is 43.0 Å². The minimum Gasteiger partial charge on any atom is -0.338 e. The Hall–Kier alpha value is -2.31. The number of nitrogens with zero attached hydrogens (tertiary/aromatic N) is 6. The first-order valence-corrected chi connectivity index (χ1v) is 9.30. The minimum atomic E-state index is 0.186. The van der Waals surface area contributed by atoms with Gasteiger partial charge in [-0.1, -0.05) is 19.3 Å². The zero-order valence-electron chi connectivity index (χ0n) is 14.4. The maximum Gasteiger partial charge on any atom is 0.225 e. The molecule has 2 aromatic rings. The Balaban J connectivity index is 1.43. The van der Waals surface area contributed by atoms with Crippen LogP contribution >= 0.6 is 0 Å². The Morgan fingerprint density at radius 3 is 2.84 bits per heavy atom. The summed E-state index contributed by atoms with van der Waals surface area (Å²) in [5, 5.41) is 12.8. The number of carbonyl (C=O) groups excluding carboxylic acids is 1. The van der Waals surface area contributed by atoms with E-state index in [4.69, 9.17) is 0 Å². The van der Waals surface area contributed by atoms with Gasteiger partial charge < -0.3 is 4.90 Å². The van der Waals surface area contributed by atoms with E-state index >= 15 is 0 Å². The first-order valence-electron chi connectivity index (χ1n) is 9.30. The maximum absolute atomic E-state index is 12.9. The number of pyridine rings is 1. The topological polar surface area (TPSA) is 76.8 Å². The van der Waals surface area contributed by atoms with Gasteiger partial charge >= 0.3 is 0 Å². The standard InChI is InChI=1S/C18H24N6O/c25-18(14-6-2-1-3-7-14)23-11-5-9-16(23)13-24-21-17(20-22-24)15-8-4-10-19-12-15/h4,8,10,12,14,16H,1-3,5-7,9,11,13H2/t16-/m0/s1. The summed E-state index contributed by atoms with van der Waals surface area (Å²) in [7, 11) is 0. The summed E-state index contributed by atoms with van der Waals surface area (Å²) in [5.41, 5.74) is 0.857. The highest BCUT2D eigenvalue weighted by molar-refractivity contribution is 5.79. The number of carbonyl (C=O) groups is 1. The first kappa shape index (κ1) is 16.2. The molecule has 2 fully saturated rings. The van der Waals surface area contributed by atoms with Crippen molar-refractivity contribution in [1.82, 2.24) is 30.1 Å². The third kappa shape index (κ3) is 3.55. The van der Waals surface area contributed by atoms with Crippen molar-refractivity contribution < 1.29 is 4.79 Å². The van der Waals surface area contributed by atoms with Crippen LogP contribution in [0, 0.1) is 5.92 Å². The molecular formula is C18H24N6O. The Bertz CT molecular complexity index is 709. The summed E-state index contributed by atoms with van der Waals surface area (Å²) < 4.78 is 0. The zero-order valence-corrected chi connectivity index (χ0v) is 14.4. The zero-order chi connectivity index (χ0) is 17.1. The molecule has 0 aromatic carbocycles. The number of aromatic nitrogens is 5. The normalized spacial score (nSPS) is 21.6. The van der Waals surface area contributed by atoms with Crippen LogP contribution in [0.2, 0.25) is 0 Å². The fraction of sp³-hybridized carbons (Fsp3) is 0.611. The summed E-state index contributed by atoms with van der Waals surface area (Å²) in [5.74, 6) is 1.15. The highest BCUT2D eigenvalue weighted by Crippen LogP contribution is 2.29. The SMILES string of the molecule is O=C(C1CCCCC1)N1CCC[C@H]1Cn1nnc(-c2cccnc2)n1. The van der Waals surface area contributed by atoms with Gasteiger partial charge in [-0.15, -0.1) is 10.2 Å². The molecule has 4 rings (SSSR count). The number of likely N-dealkylation sites (tertiary alicyclic amines) is 1. The van der Waals surface area contributed by atoms with E-state index < -0.39 is 0 Å². The van der Waals surface area contributed by atoms with Crippen LogP contribution in [-0.4, -0.2) is 48.6 Å². The predicted molar refractivity (Wildman–Crippen MR) is 92.4 cm³/mol. The van der Waals surface area contributed by atoms with Crippen LogP contribution in [0.25, 0.3) is 11.4 Å². The number of tetrazole rings is 1. The summed E-state index contributed by atoms with van der Waals surface area (Å²) in [6.45, 7) is 1.48. The summed E-state index contributed by atoms with van der Waals surface area (Å²) in [4.78, 5) is 20.7. The van der Waals surface area contributed by atoms with Crippen LogP contribution in [-0.2, 0) is 11.3 Å². The lowest BCUT2D eigenvalue weighted by atomic mass is 9.88. The molecule has 1 saturated heterocycles. The summed E-state index contributed by atoms with van der Waals surface area (Å²) in [6.07, 6.45) is 11.3. The third-order valence-corrected chi connectivity index (χ3v) is 5.36. The van der Waals surface area contributed by atoms with Crippen LogP contribution in [0.4, 0.5) is 0 Å². The van der Waals surface area contributed by atoms with E-state index in [0.717, 1.165) is 37.8 Å². The van der Waals surface area contributed by atoms with Gasteiger partial charge in [-0.2, -0.15) is 4.80 Å². The Kier molecular flexibility index (Phi) is 4.72. The molecule has 1 amide bonds. The largest absolute Gasteiger partial charge is 0.338 e. The molecule has 0 spiro atoms. The smallest absolute Gasteiger partial charge is 0.225 e. The lowest BCUT2D eigenvalue weighted by Gasteiger charge is -2.30. The van der Waals surface area contributed by atoms with E-state index in [2.05, 4.69) is 25.3 Å². The Labute approximate surface area is 147 Å². The van der Waals surface area contributed by atoms with Crippen molar-refractivity contribution in [2.75, 3.05) is 6.54 Å². The fourth-order valence-electron chi connectivity index (χ4n) is 4.02. The van der Waals surface area contributed by atoms with Crippen molar-refractivity contribution in [1.29, 1.82) is 0 Å². The van der Waals surface area contributed by atoms with Crippen LogP contribution in [0.5, 0.6) is 0 Å². The minimum absolute atomic E-state index is 0.186. The molecule has 3 heterocycles. The van der Waals surface area contributed by atoms with E-state index in [1.165, 1.54) is 19.3 Å². The number of rotatable bonds is 4. The van der Waals surface area contributed by atoms with Crippen molar-refractivity contribution >= 4 is 5.91 Å². The van der Waals surface area contributed by atoms with Crippen molar-refractivity contribution in [2.24, 2.45) is 5.92 Å². The molecule has 25 heavy (non-hydrogen) atoms. The van der Waals surface area contributed by atoms with Crippen molar-refractivity contribution in [3.63, 3.8) is 0 Å². The second-order valence-corrected chi connectivity index (χ2v) is 7.07. The molecule has 0 N–H and O–H groups in total. The molecule has 0 radical (unpaired) electrons. The number of hydrogen-bond acceptors (Lipinski definition) is 5. The molecule has 0 bridgehead atoms. The molecule has 2 aromatic heterocycles. The van der Waals surface area contributed by atoms with Gasteiger partial charge in [-0.3, -0.25) is 9.78 Å². The van der Waals surface area contributed by atoms with E-state index in [1.807, 2.05) is 12.1 Å². The molecule has 1 saturated carbocycles. The predicted octanol–water partition coefficient (Wildman–Crippen LogP) is 2.31. The van der Waals surface area contributed by atoms with Gasteiger partial charge in [0.15, 0.2) is 0 Å². The van der Waals surface area contributed by atoms with Crippen LogP contribution in [0.3, 0.4) is 0 Å². The van der Waals surface area contributed by atoms with Gasteiger partial charge in [-0.25, -0.2) is 0 Å². The molecule has 1 aliphatic carbocycles. The molecule has 7 heteroatoms.